The van der Waals surface area contributed by atoms with E-state index in [0.29, 0.717) is 0 Å². The Labute approximate surface area is 90.0 Å². The predicted octanol–water partition coefficient (Wildman–Crippen LogP) is 1.38. The van der Waals surface area contributed by atoms with Crippen molar-refractivity contribution in [2.75, 3.05) is 19.1 Å². The summed E-state index contributed by atoms with van der Waals surface area (Å²) in [4.78, 5) is 0.156. The van der Waals surface area contributed by atoms with Gasteiger partial charge in [0.05, 0.1) is 16.7 Å². The van der Waals surface area contributed by atoms with Crippen LogP contribution in [0.5, 0.6) is 0 Å². The smallest absolute Gasteiger partial charge is 0.177 e. The van der Waals surface area contributed by atoms with Crippen molar-refractivity contribution in [1.29, 1.82) is 0 Å². The lowest BCUT2D eigenvalue weighted by atomic mass is 10.1. The van der Waals surface area contributed by atoms with Crippen LogP contribution in [-0.2, 0) is 14.6 Å². The van der Waals surface area contributed by atoms with E-state index in [2.05, 4.69) is 0 Å². The average molecular weight is 229 g/mol. The van der Waals surface area contributed by atoms with E-state index in [1.807, 2.05) is 6.92 Å². The second-order valence-corrected chi connectivity index (χ2v) is 5.43. The third kappa shape index (κ3) is 2.70. The molecule has 0 fully saturated rings. The summed E-state index contributed by atoms with van der Waals surface area (Å²) in [6.07, 6.45) is 0.992. The maximum atomic E-state index is 11.4. The van der Waals surface area contributed by atoms with Crippen molar-refractivity contribution < 1.29 is 13.2 Å². The molecule has 0 aliphatic heterocycles. The van der Waals surface area contributed by atoms with Crippen molar-refractivity contribution in [1.82, 2.24) is 0 Å². The molecular weight excluding hydrogens is 214 g/mol. The molecule has 15 heavy (non-hydrogen) atoms. The maximum absolute atomic E-state index is 11.4. The van der Waals surface area contributed by atoms with Gasteiger partial charge in [-0.15, -0.1) is 0 Å². The van der Waals surface area contributed by atoms with Gasteiger partial charge in [0.25, 0.3) is 0 Å². The zero-order chi connectivity index (χ0) is 11.6. The molecule has 1 aromatic carbocycles. The van der Waals surface area contributed by atoms with E-state index in [4.69, 9.17) is 10.5 Å². The summed E-state index contributed by atoms with van der Waals surface area (Å²) in [6, 6.07) is 4.90. The molecule has 0 aromatic heterocycles. The van der Waals surface area contributed by atoms with Crippen molar-refractivity contribution in [3.05, 3.63) is 23.8 Å². The van der Waals surface area contributed by atoms with Gasteiger partial charge in [-0.05, 0) is 24.6 Å². The topological polar surface area (TPSA) is 69.4 Å². The van der Waals surface area contributed by atoms with Crippen molar-refractivity contribution in [2.45, 2.75) is 17.9 Å². The Morgan fingerprint density at radius 3 is 2.47 bits per heavy atom. The number of hydrogen-bond donors (Lipinski definition) is 1. The zero-order valence-corrected chi connectivity index (χ0v) is 9.84. The molecule has 2 N–H and O–H groups in total. The normalized spacial score (nSPS) is 13.8. The van der Waals surface area contributed by atoms with Gasteiger partial charge >= 0.3 is 0 Å². The van der Waals surface area contributed by atoms with Crippen LogP contribution >= 0.6 is 0 Å². The maximum Gasteiger partial charge on any atom is 0.177 e. The second-order valence-electron chi connectivity index (χ2n) is 3.45. The third-order valence-corrected chi connectivity index (χ3v) is 3.41. The van der Waals surface area contributed by atoms with E-state index in [1.54, 1.807) is 25.3 Å². The van der Waals surface area contributed by atoms with Gasteiger partial charge in [-0.1, -0.05) is 6.07 Å². The Bertz CT molecular complexity index is 454. The lowest BCUT2D eigenvalue weighted by Gasteiger charge is -2.12. The summed E-state index contributed by atoms with van der Waals surface area (Å²) in [6.45, 7) is 1.84. The highest BCUT2D eigenvalue weighted by molar-refractivity contribution is 7.90. The largest absolute Gasteiger partial charge is 0.398 e. The minimum absolute atomic E-state index is 0.147. The molecule has 0 bridgehead atoms. The molecule has 0 aliphatic carbocycles. The first-order valence-electron chi connectivity index (χ1n) is 4.48. The van der Waals surface area contributed by atoms with Crippen LogP contribution < -0.4 is 5.73 Å². The monoisotopic (exact) mass is 229 g/mol. The van der Waals surface area contributed by atoms with Crippen molar-refractivity contribution in [2.24, 2.45) is 0 Å². The van der Waals surface area contributed by atoms with Crippen LogP contribution in [0, 0.1) is 0 Å². The number of nitrogen functional groups attached to an aromatic ring is 1. The number of methoxy groups -OCH3 is 1. The van der Waals surface area contributed by atoms with Crippen LogP contribution in [0.4, 0.5) is 5.69 Å². The Hall–Kier alpha value is -1.07. The number of sulfone groups is 1. The summed E-state index contributed by atoms with van der Waals surface area (Å²) < 4.78 is 27.9. The first kappa shape index (κ1) is 12.0. The molecule has 0 amide bonds. The van der Waals surface area contributed by atoms with Crippen LogP contribution in [0.2, 0.25) is 0 Å². The van der Waals surface area contributed by atoms with Gasteiger partial charge in [0.15, 0.2) is 9.84 Å². The van der Waals surface area contributed by atoms with Gasteiger partial charge in [0.2, 0.25) is 0 Å². The van der Waals surface area contributed by atoms with Crippen LogP contribution in [0.15, 0.2) is 23.1 Å². The molecule has 1 aromatic rings. The van der Waals surface area contributed by atoms with E-state index < -0.39 is 9.84 Å². The van der Waals surface area contributed by atoms with Gasteiger partial charge in [0.1, 0.15) is 0 Å². The Balaban J connectivity index is 3.29. The molecule has 84 valence electrons. The van der Waals surface area contributed by atoms with Crippen molar-refractivity contribution in [3.8, 4) is 0 Å². The Morgan fingerprint density at radius 1 is 1.40 bits per heavy atom. The van der Waals surface area contributed by atoms with Crippen LogP contribution in [0.25, 0.3) is 0 Å². The van der Waals surface area contributed by atoms with E-state index in [-0.39, 0.29) is 16.7 Å². The molecule has 0 heterocycles. The quantitative estimate of drug-likeness (QED) is 0.795. The van der Waals surface area contributed by atoms with Gasteiger partial charge in [-0.3, -0.25) is 0 Å². The highest BCUT2D eigenvalue weighted by Crippen LogP contribution is 2.24. The van der Waals surface area contributed by atoms with Gasteiger partial charge < -0.3 is 10.5 Å². The van der Waals surface area contributed by atoms with Crippen molar-refractivity contribution in [3.63, 3.8) is 0 Å². The molecule has 1 atom stereocenters. The van der Waals surface area contributed by atoms with E-state index in [0.717, 1.165) is 11.8 Å². The first-order chi connectivity index (χ1) is 6.86. The van der Waals surface area contributed by atoms with Crippen LogP contribution in [0.3, 0.4) is 0 Å². The summed E-state index contributed by atoms with van der Waals surface area (Å²) in [5, 5.41) is 0. The molecule has 0 spiro atoms. The molecule has 0 saturated carbocycles. The second kappa shape index (κ2) is 4.20. The number of anilines is 1. The summed E-state index contributed by atoms with van der Waals surface area (Å²) in [7, 11) is -1.71. The predicted molar refractivity (Wildman–Crippen MR) is 59.4 cm³/mol. The Kier molecular flexibility index (Phi) is 3.36. The lowest BCUT2D eigenvalue weighted by Crippen LogP contribution is -2.05. The van der Waals surface area contributed by atoms with E-state index in [1.165, 1.54) is 0 Å². The van der Waals surface area contributed by atoms with E-state index in [9.17, 15) is 8.42 Å². The highest BCUT2D eigenvalue weighted by Gasteiger charge is 2.14. The molecule has 4 nitrogen and oxygen atoms in total. The number of hydrogen-bond acceptors (Lipinski definition) is 4. The summed E-state index contributed by atoms with van der Waals surface area (Å²) >= 11 is 0. The summed E-state index contributed by atoms with van der Waals surface area (Å²) in [5.74, 6) is 0. The molecule has 1 rings (SSSR count). The minimum Gasteiger partial charge on any atom is -0.398 e. The fourth-order valence-corrected chi connectivity index (χ4v) is 2.11. The fraction of sp³-hybridized carbons (Fsp3) is 0.400. The van der Waals surface area contributed by atoms with Crippen molar-refractivity contribution >= 4 is 15.5 Å². The number of nitrogens with two attached hydrogens (primary N) is 1. The molecule has 0 aliphatic rings. The molecule has 0 radical (unpaired) electrons. The SMILES string of the molecule is COC(C)c1ccc(N)c(S(C)(=O)=O)c1. The summed E-state index contributed by atoms with van der Waals surface area (Å²) in [5.41, 5.74) is 6.66. The fourth-order valence-electron chi connectivity index (χ4n) is 1.26. The van der Waals surface area contributed by atoms with E-state index >= 15 is 0 Å². The van der Waals surface area contributed by atoms with Gasteiger partial charge in [0, 0.05) is 13.4 Å². The third-order valence-electron chi connectivity index (χ3n) is 2.26. The van der Waals surface area contributed by atoms with Gasteiger partial charge in [-0.25, -0.2) is 8.42 Å². The lowest BCUT2D eigenvalue weighted by molar-refractivity contribution is 0.119. The minimum atomic E-state index is -3.28. The van der Waals surface area contributed by atoms with Gasteiger partial charge in [-0.2, -0.15) is 0 Å². The number of rotatable bonds is 3. The van der Waals surface area contributed by atoms with Crippen LogP contribution in [-0.4, -0.2) is 21.8 Å². The average Bonchev–Trinajstić information content (AvgIpc) is 2.15. The molecular formula is C10H15NO3S. The number of benzene rings is 1. The highest BCUT2D eigenvalue weighted by atomic mass is 32.2. The van der Waals surface area contributed by atoms with Crippen LogP contribution in [0.1, 0.15) is 18.6 Å². The molecule has 0 saturated heterocycles. The molecule has 1 unspecified atom stereocenters. The standard InChI is InChI=1S/C10H15NO3S/c1-7(14-2)8-4-5-9(11)10(6-8)15(3,12)13/h4-7H,11H2,1-3H3. The zero-order valence-electron chi connectivity index (χ0n) is 9.02. The Morgan fingerprint density at radius 2 is 2.00 bits per heavy atom. The first-order valence-corrected chi connectivity index (χ1v) is 6.37. The number of ether oxygens (including phenoxy) is 1. The molecule has 5 heteroatoms.